The van der Waals surface area contributed by atoms with E-state index in [4.69, 9.17) is 4.74 Å². The quantitative estimate of drug-likeness (QED) is 0.811. The molecule has 6 nitrogen and oxygen atoms in total. The number of pyridine rings is 1. The smallest absolute Gasteiger partial charge is 0.223 e. The number of nitrogens with zero attached hydrogens (tertiary/aromatic N) is 3. The van der Waals surface area contributed by atoms with Gasteiger partial charge in [0, 0.05) is 50.9 Å². The predicted molar refractivity (Wildman–Crippen MR) is 109 cm³/mol. The highest BCUT2D eigenvalue weighted by Gasteiger charge is 2.31. The molecule has 0 radical (unpaired) electrons. The molecule has 1 aromatic heterocycles. The summed E-state index contributed by atoms with van der Waals surface area (Å²) in [6, 6.07) is 6.83. The van der Waals surface area contributed by atoms with Gasteiger partial charge in [-0.1, -0.05) is 6.07 Å². The molecule has 4 rings (SSSR count). The van der Waals surface area contributed by atoms with Crippen molar-refractivity contribution in [2.45, 2.75) is 57.2 Å². The van der Waals surface area contributed by atoms with Gasteiger partial charge in [-0.05, 0) is 63.7 Å². The summed E-state index contributed by atoms with van der Waals surface area (Å²) >= 11 is 0. The van der Waals surface area contributed by atoms with E-state index in [0.717, 1.165) is 70.7 Å². The summed E-state index contributed by atoms with van der Waals surface area (Å²) in [5, 5.41) is 3.12. The molecule has 0 aromatic carbocycles. The molecule has 3 saturated heterocycles. The van der Waals surface area contributed by atoms with Gasteiger partial charge in [0.25, 0.3) is 0 Å². The summed E-state index contributed by atoms with van der Waals surface area (Å²) in [7, 11) is 0. The fourth-order valence-electron chi connectivity index (χ4n) is 4.85. The number of aromatic nitrogens is 1. The lowest BCUT2D eigenvalue weighted by atomic mass is 9.92. The van der Waals surface area contributed by atoms with Crippen molar-refractivity contribution in [3.05, 3.63) is 30.1 Å². The molecule has 3 aliphatic heterocycles. The largest absolute Gasteiger partial charge is 0.376 e. The summed E-state index contributed by atoms with van der Waals surface area (Å²) in [6.45, 7) is 6.89. The third kappa shape index (κ3) is 5.31. The molecule has 3 fully saturated rings. The number of ether oxygens (including phenoxy) is 1. The fourth-order valence-corrected chi connectivity index (χ4v) is 4.85. The van der Waals surface area contributed by atoms with E-state index < -0.39 is 0 Å². The van der Waals surface area contributed by atoms with E-state index in [1.165, 1.54) is 12.8 Å². The number of nitrogens with one attached hydrogen (secondary N) is 1. The Labute approximate surface area is 168 Å². The zero-order valence-electron chi connectivity index (χ0n) is 16.9. The first-order chi connectivity index (χ1) is 13.8. The van der Waals surface area contributed by atoms with Gasteiger partial charge in [-0.3, -0.25) is 14.7 Å². The van der Waals surface area contributed by atoms with Crippen LogP contribution in [0.1, 0.15) is 44.2 Å². The molecule has 0 saturated carbocycles. The number of piperidine rings is 2. The Morgan fingerprint density at radius 3 is 2.61 bits per heavy atom. The highest BCUT2D eigenvalue weighted by molar-refractivity contribution is 5.78. The monoisotopic (exact) mass is 386 g/mol. The van der Waals surface area contributed by atoms with E-state index in [-0.39, 0.29) is 17.9 Å². The Morgan fingerprint density at radius 2 is 1.93 bits per heavy atom. The van der Waals surface area contributed by atoms with E-state index >= 15 is 0 Å². The van der Waals surface area contributed by atoms with Gasteiger partial charge < -0.3 is 15.0 Å². The van der Waals surface area contributed by atoms with E-state index in [2.05, 4.69) is 32.2 Å². The lowest BCUT2D eigenvalue weighted by Gasteiger charge is -2.41. The summed E-state index contributed by atoms with van der Waals surface area (Å²) < 4.78 is 5.60. The van der Waals surface area contributed by atoms with Gasteiger partial charge in [-0.2, -0.15) is 0 Å². The van der Waals surface area contributed by atoms with Crippen LogP contribution in [0, 0.1) is 5.92 Å². The molecule has 1 atom stereocenters. The van der Waals surface area contributed by atoms with Gasteiger partial charge in [-0.15, -0.1) is 0 Å². The SMILES string of the molecule is O=C(NC[C@@H]1CCCO1)C1CCN(C2CCN(Cc3ccccn3)CC2)CC1. The zero-order chi connectivity index (χ0) is 19.2. The standard InChI is InChI=1S/C22H34N4O2/c27-22(24-16-21-5-3-15-28-21)18-6-13-26(14-7-18)20-8-11-25(12-9-20)17-19-4-1-2-10-23-19/h1-2,4,10,18,20-21H,3,5-9,11-17H2,(H,24,27)/t21-/m0/s1. The molecule has 1 N–H and O–H groups in total. The Balaban J connectivity index is 1.15. The molecular formula is C22H34N4O2. The zero-order valence-corrected chi connectivity index (χ0v) is 16.9. The van der Waals surface area contributed by atoms with Gasteiger partial charge in [0.05, 0.1) is 11.8 Å². The second kappa shape index (κ2) is 9.81. The Hall–Kier alpha value is -1.50. The number of hydrogen-bond acceptors (Lipinski definition) is 5. The van der Waals surface area contributed by atoms with Gasteiger partial charge in [-0.25, -0.2) is 0 Å². The van der Waals surface area contributed by atoms with E-state index in [1.807, 2.05) is 12.3 Å². The highest BCUT2D eigenvalue weighted by atomic mass is 16.5. The number of rotatable bonds is 6. The molecule has 0 spiro atoms. The fraction of sp³-hybridized carbons (Fsp3) is 0.727. The van der Waals surface area contributed by atoms with Crippen molar-refractivity contribution in [1.82, 2.24) is 20.1 Å². The lowest BCUT2D eigenvalue weighted by Crippen LogP contribution is -2.49. The summed E-state index contributed by atoms with van der Waals surface area (Å²) in [5.74, 6) is 0.419. The number of carbonyl (C=O) groups excluding carboxylic acids is 1. The molecule has 4 heterocycles. The summed E-state index contributed by atoms with van der Waals surface area (Å²) in [4.78, 5) is 22.1. The second-order valence-corrected chi connectivity index (χ2v) is 8.52. The molecule has 0 aliphatic carbocycles. The van der Waals surface area contributed by atoms with E-state index in [0.29, 0.717) is 12.6 Å². The van der Waals surface area contributed by atoms with Gasteiger partial charge in [0.15, 0.2) is 0 Å². The van der Waals surface area contributed by atoms with Crippen LogP contribution >= 0.6 is 0 Å². The first-order valence-electron chi connectivity index (χ1n) is 11.0. The lowest BCUT2D eigenvalue weighted by molar-refractivity contribution is -0.127. The van der Waals surface area contributed by atoms with Crippen molar-refractivity contribution in [3.63, 3.8) is 0 Å². The molecule has 28 heavy (non-hydrogen) atoms. The maximum Gasteiger partial charge on any atom is 0.223 e. The maximum atomic E-state index is 12.5. The van der Waals surface area contributed by atoms with E-state index in [1.54, 1.807) is 0 Å². The Morgan fingerprint density at radius 1 is 1.11 bits per heavy atom. The molecular weight excluding hydrogens is 352 g/mol. The molecule has 1 aromatic rings. The molecule has 6 heteroatoms. The van der Waals surface area contributed by atoms with Crippen molar-refractivity contribution >= 4 is 5.91 Å². The molecule has 3 aliphatic rings. The first kappa shape index (κ1) is 19.8. The Kier molecular flexibility index (Phi) is 6.94. The van der Waals surface area contributed by atoms with Gasteiger partial charge >= 0.3 is 0 Å². The number of hydrogen-bond donors (Lipinski definition) is 1. The maximum absolute atomic E-state index is 12.5. The number of likely N-dealkylation sites (tertiary alicyclic amines) is 2. The van der Waals surface area contributed by atoms with Crippen LogP contribution in [0.5, 0.6) is 0 Å². The topological polar surface area (TPSA) is 57.7 Å². The predicted octanol–water partition coefficient (Wildman–Crippen LogP) is 2.05. The van der Waals surface area contributed by atoms with Crippen LogP contribution in [0.3, 0.4) is 0 Å². The minimum absolute atomic E-state index is 0.182. The average Bonchev–Trinajstić information content (AvgIpc) is 3.27. The highest BCUT2D eigenvalue weighted by Crippen LogP contribution is 2.24. The third-order valence-corrected chi connectivity index (χ3v) is 6.61. The summed E-state index contributed by atoms with van der Waals surface area (Å²) in [6.07, 6.45) is 8.75. The van der Waals surface area contributed by atoms with Crippen molar-refractivity contribution in [1.29, 1.82) is 0 Å². The summed E-state index contributed by atoms with van der Waals surface area (Å²) in [5.41, 5.74) is 1.16. The van der Waals surface area contributed by atoms with Gasteiger partial charge in [0.2, 0.25) is 5.91 Å². The molecule has 154 valence electrons. The molecule has 1 amide bonds. The Bertz CT molecular complexity index is 604. The van der Waals surface area contributed by atoms with Crippen LogP contribution in [0.4, 0.5) is 0 Å². The van der Waals surface area contributed by atoms with Crippen LogP contribution in [0.15, 0.2) is 24.4 Å². The second-order valence-electron chi connectivity index (χ2n) is 8.52. The van der Waals surface area contributed by atoms with Gasteiger partial charge in [0.1, 0.15) is 0 Å². The van der Waals surface area contributed by atoms with Crippen LogP contribution in [-0.4, -0.2) is 72.2 Å². The molecule has 0 unspecified atom stereocenters. The van der Waals surface area contributed by atoms with Crippen molar-refractivity contribution < 1.29 is 9.53 Å². The van der Waals surface area contributed by atoms with Crippen LogP contribution in [-0.2, 0) is 16.1 Å². The van der Waals surface area contributed by atoms with Crippen LogP contribution in [0.2, 0.25) is 0 Å². The number of carbonyl (C=O) groups is 1. The minimum Gasteiger partial charge on any atom is -0.376 e. The first-order valence-corrected chi connectivity index (χ1v) is 11.0. The van der Waals surface area contributed by atoms with Crippen LogP contribution in [0.25, 0.3) is 0 Å². The minimum atomic E-state index is 0.182. The van der Waals surface area contributed by atoms with Crippen molar-refractivity contribution in [2.24, 2.45) is 5.92 Å². The van der Waals surface area contributed by atoms with E-state index in [9.17, 15) is 4.79 Å². The third-order valence-electron chi connectivity index (χ3n) is 6.61. The normalized spacial score (nSPS) is 25.8. The van der Waals surface area contributed by atoms with Crippen LogP contribution < -0.4 is 5.32 Å². The molecule has 0 bridgehead atoms. The number of amides is 1. The van der Waals surface area contributed by atoms with Crippen molar-refractivity contribution in [3.8, 4) is 0 Å². The van der Waals surface area contributed by atoms with Crippen molar-refractivity contribution in [2.75, 3.05) is 39.3 Å². The average molecular weight is 387 g/mol.